The predicted octanol–water partition coefficient (Wildman–Crippen LogP) is 6.81. The number of methoxy groups -OCH3 is 1. The van der Waals surface area contributed by atoms with Gasteiger partial charge in [-0.2, -0.15) is 13.2 Å². The number of carbonyl (C=O) groups is 1. The monoisotopic (exact) mass is 552 g/mol. The molecule has 2 atom stereocenters. The van der Waals surface area contributed by atoms with Crippen molar-refractivity contribution in [2.24, 2.45) is 0 Å². The third-order valence-corrected chi connectivity index (χ3v) is 8.55. The zero-order chi connectivity index (χ0) is 28.1. The molecular formula is C28H28F4O5S. The highest BCUT2D eigenvalue weighted by Crippen LogP contribution is 2.38. The molecule has 0 spiro atoms. The number of rotatable bonds is 10. The molecule has 0 bridgehead atoms. The maximum atomic E-state index is 13.3. The molecule has 38 heavy (non-hydrogen) atoms. The SMILES string of the molecule is COC(=O)COc1ccc(C(C)CCC(C)S(=O)(=O)c2ccc(F)cc2)cc1-c1cccc(C(F)(F)F)c1. The molecule has 0 saturated heterocycles. The molecule has 5 nitrogen and oxygen atoms in total. The minimum Gasteiger partial charge on any atom is -0.481 e. The van der Waals surface area contributed by atoms with Gasteiger partial charge in [0, 0.05) is 5.56 Å². The second-order valence-electron chi connectivity index (χ2n) is 8.99. The standard InChI is InChI=1S/C28H28F4O5S/c1-18(7-8-19(2)38(34,35)24-12-10-23(29)11-13-24)20-9-14-26(37-17-27(33)36-3)25(16-20)21-5-4-6-22(15-21)28(30,31)32/h4-6,9-16,18-19H,7-8,17H2,1-3H3. The Morgan fingerprint density at radius 3 is 2.26 bits per heavy atom. The lowest BCUT2D eigenvalue weighted by Crippen LogP contribution is -2.18. The van der Waals surface area contributed by atoms with E-state index in [4.69, 9.17) is 4.74 Å². The van der Waals surface area contributed by atoms with E-state index in [1.54, 1.807) is 25.1 Å². The second-order valence-corrected chi connectivity index (χ2v) is 11.4. The number of carbonyl (C=O) groups excluding carboxylic acids is 1. The zero-order valence-electron chi connectivity index (χ0n) is 21.1. The molecule has 0 fully saturated rings. The number of esters is 1. The molecular weight excluding hydrogens is 524 g/mol. The number of hydrogen-bond acceptors (Lipinski definition) is 5. The van der Waals surface area contributed by atoms with Gasteiger partial charge < -0.3 is 9.47 Å². The largest absolute Gasteiger partial charge is 0.481 e. The number of halogens is 4. The van der Waals surface area contributed by atoms with Crippen LogP contribution in [0.5, 0.6) is 5.75 Å². The van der Waals surface area contributed by atoms with Crippen molar-refractivity contribution in [3.05, 3.63) is 83.7 Å². The Bertz CT molecular complexity index is 1370. The van der Waals surface area contributed by atoms with E-state index in [9.17, 15) is 30.8 Å². The summed E-state index contributed by atoms with van der Waals surface area (Å²) in [4.78, 5) is 11.6. The maximum Gasteiger partial charge on any atom is 0.416 e. The Balaban J connectivity index is 1.86. The van der Waals surface area contributed by atoms with Crippen molar-refractivity contribution in [1.82, 2.24) is 0 Å². The Hall–Kier alpha value is -3.40. The fourth-order valence-electron chi connectivity index (χ4n) is 3.93. The highest BCUT2D eigenvalue weighted by atomic mass is 32.2. The van der Waals surface area contributed by atoms with E-state index < -0.39 is 45.2 Å². The molecule has 0 aliphatic rings. The summed E-state index contributed by atoms with van der Waals surface area (Å²) in [5.41, 5.74) is 0.540. The van der Waals surface area contributed by atoms with E-state index in [0.29, 0.717) is 18.4 Å². The highest BCUT2D eigenvalue weighted by molar-refractivity contribution is 7.92. The van der Waals surface area contributed by atoms with Gasteiger partial charge in [-0.25, -0.2) is 17.6 Å². The first kappa shape index (κ1) is 29.2. The summed E-state index contributed by atoms with van der Waals surface area (Å²) in [6.45, 7) is 3.05. The van der Waals surface area contributed by atoms with Gasteiger partial charge in [-0.15, -0.1) is 0 Å². The van der Waals surface area contributed by atoms with Crippen LogP contribution in [-0.4, -0.2) is 33.4 Å². The number of ether oxygens (including phenoxy) is 2. The topological polar surface area (TPSA) is 69.7 Å². The minimum absolute atomic E-state index is 0.0398. The van der Waals surface area contributed by atoms with Crippen LogP contribution < -0.4 is 4.74 Å². The van der Waals surface area contributed by atoms with Gasteiger partial charge in [0.15, 0.2) is 16.4 Å². The van der Waals surface area contributed by atoms with Crippen molar-refractivity contribution < 1.29 is 40.2 Å². The van der Waals surface area contributed by atoms with Gasteiger partial charge in [0.1, 0.15) is 11.6 Å². The lowest BCUT2D eigenvalue weighted by molar-refractivity contribution is -0.143. The van der Waals surface area contributed by atoms with Crippen LogP contribution in [0.3, 0.4) is 0 Å². The molecule has 0 amide bonds. The predicted molar refractivity (Wildman–Crippen MR) is 135 cm³/mol. The zero-order valence-corrected chi connectivity index (χ0v) is 21.9. The number of alkyl halides is 3. The van der Waals surface area contributed by atoms with Gasteiger partial charge >= 0.3 is 12.1 Å². The van der Waals surface area contributed by atoms with Crippen molar-refractivity contribution in [2.75, 3.05) is 13.7 Å². The molecule has 0 radical (unpaired) electrons. The summed E-state index contributed by atoms with van der Waals surface area (Å²) in [5, 5.41) is -0.735. The van der Waals surface area contributed by atoms with Crippen LogP contribution in [0.2, 0.25) is 0 Å². The molecule has 204 valence electrons. The molecule has 0 heterocycles. The molecule has 0 saturated carbocycles. The summed E-state index contributed by atoms with van der Waals surface area (Å²) in [7, 11) is -2.47. The van der Waals surface area contributed by atoms with E-state index in [1.165, 1.54) is 31.4 Å². The van der Waals surface area contributed by atoms with Crippen LogP contribution >= 0.6 is 0 Å². The smallest absolute Gasteiger partial charge is 0.416 e. The lowest BCUT2D eigenvalue weighted by Gasteiger charge is -2.19. The Kier molecular flexibility index (Phi) is 9.19. The van der Waals surface area contributed by atoms with Gasteiger partial charge in [-0.05, 0) is 85.3 Å². The van der Waals surface area contributed by atoms with E-state index in [2.05, 4.69) is 4.74 Å². The molecule has 0 aliphatic heterocycles. The number of benzene rings is 3. The molecule has 2 unspecified atom stereocenters. The summed E-state index contributed by atoms with van der Waals surface area (Å²) in [6.07, 6.45) is -3.77. The summed E-state index contributed by atoms with van der Waals surface area (Å²) >= 11 is 0. The van der Waals surface area contributed by atoms with E-state index in [0.717, 1.165) is 29.8 Å². The average molecular weight is 553 g/mol. The van der Waals surface area contributed by atoms with E-state index >= 15 is 0 Å². The van der Waals surface area contributed by atoms with Crippen molar-refractivity contribution in [3.8, 4) is 16.9 Å². The summed E-state index contributed by atoms with van der Waals surface area (Å²) in [6, 6.07) is 14.4. The molecule has 3 aromatic rings. The third-order valence-electron chi connectivity index (χ3n) is 6.32. The first-order valence-corrected chi connectivity index (χ1v) is 13.4. The Morgan fingerprint density at radius 2 is 1.63 bits per heavy atom. The molecule has 3 rings (SSSR count). The molecule has 0 aromatic heterocycles. The first-order chi connectivity index (χ1) is 17.8. The van der Waals surface area contributed by atoms with Gasteiger partial charge in [-0.1, -0.05) is 25.1 Å². The number of sulfone groups is 1. The normalized spacial score (nSPS) is 13.6. The Labute approximate surface area is 219 Å². The van der Waals surface area contributed by atoms with Crippen LogP contribution in [-0.2, 0) is 25.5 Å². The highest BCUT2D eigenvalue weighted by Gasteiger charge is 2.31. The van der Waals surface area contributed by atoms with Gasteiger partial charge in [0.2, 0.25) is 0 Å². The molecule has 3 aromatic carbocycles. The van der Waals surface area contributed by atoms with Crippen molar-refractivity contribution in [2.45, 2.75) is 48.9 Å². The van der Waals surface area contributed by atoms with E-state index in [-0.39, 0.29) is 22.1 Å². The maximum absolute atomic E-state index is 13.3. The second kappa shape index (κ2) is 12.0. The average Bonchev–Trinajstić information content (AvgIpc) is 2.89. The molecule has 10 heteroatoms. The minimum atomic E-state index is -4.54. The third kappa shape index (κ3) is 7.12. The number of hydrogen-bond donors (Lipinski definition) is 0. The van der Waals surface area contributed by atoms with Gasteiger partial charge in [0.05, 0.1) is 22.8 Å². The van der Waals surface area contributed by atoms with Crippen LogP contribution in [0.4, 0.5) is 17.6 Å². The van der Waals surface area contributed by atoms with Crippen LogP contribution in [0.1, 0.15) is 43.7 Å². The summed E-state index contributed by atoms with van der Waals surface area (Å²) < 4.78 is 89.1. The van der Waals surface area contributed by atoms with Gasteiger partial charge in [0.25, 0.3) is 0 Å². The molecule has 0 N–H and O–H groups in total. The first-order valence-electron chi connectivity index (χ1n) is 11.8. The van der Waals surface area contributed by atoms with Crippen molar-refractivity contribution >= 4 is 15.8 Å². The lowest BCUT2D eigenvalue weighted by atomic mass is 9.91. The van der Waals surface area contributed by atoms with Crippen LogP contribution in [0.25, 0.3) is 11.1 Å². The molecule has 0 aliphatic carbocycles. The fraction of sp³-hybridized carbons (Fsp3) is 0.321. The van der Waals surface area contributed by atoms with Gasteiger partial charge in [-0.3, -0.25) is 0 Å². The van der Waals surface area contributed by atoms with Crippen LogP contribution in [0, 0.1) is 5.82 Å². The Morgan fingerprint density at radius 1 is 0.947 bits per heavy atom. The van der Waals surface area contributed by atoms with E-state index in [1.807, 2.05) is 6.92 Å². The summed E-state index contributed by atoms with van der Waals surface area (Å²) in [5.74, 6) is -1.12. The fourth-order valence-corrected chi connectivity index (χ4v) is 5.35. The van der Waals surface area contributed by atoms with Crippen molar-refractivity contribution in [3.63, 3.8) is 0 Å². The quantitative estimate of drug-likeness (QED) is 0.157. The van der Waals surface area contributed by atoms with Crippen LogP contribution in [0.15, 0.2) is 71.6 Å². The van der Waals surface area contributed by atoms with Crippen molar-refractivity contribution in [1.29, 1.82) is 0 Å².